The van der Waals surface area contributed by atoms with Crippen LogP contribution >= 0.6 is 11.6 Å². The largest absolute Gasteiger partial charge is 0.492 e. The Hall–Kier alpha value is -2.14. The van der Waals surface area contributed by atoms with Crippen LogP contribution in [0.1, 0.15) is 50.2 Å². The average molecular weight is 420 g/mol. The molecule has 0 unspecified atom stereocenters. The zero-order valence-corrected chi connectivity index (χ0v) is 17.0. The van der Waals surface area contributed by atoms with Crippen LogP contribution in [-0.2, 0) is 10.2 Å². The van der Waals surface area contributed by atoms with Gasteiger partial charge < -0.3 is 10.1 Å². The lowest BCUT2D eigenvalue weighted by molar-refractivity contribution is -0.121. The number of halogens is 3. The highest BCUT2D eigenvalue weighted by atomic mass is 35.5. The van der Waals surface area contributed by atoms with Gasteiger partial charge in [-0.1, -0.05) is 30.7 Å². The molecule has 1 fully saturated rings. The number of hydrogen-bond acceptors (Lipinski definition) is 2. The third kappa shape index (κ3) is 3.97. The molecule has 1 N–H and O–H groups in total. The highest BCUT2D eigenvalue weighted by Crippen LogP contribution is 2.50. The predicted molar refractivity (Wildman–Crippen MR) is 110 cm³/mol. The summed E-state index contributed by atoms with van der Waals surface area (Å²) in [4.78, 5) is 12.7. The Morgan fingerprint density at radius 2 is 1.86 bits per heavy atom. The Labute approximate surface area is 174 Å². The van der Waals surface area contributed by atoms with Crippen molar-refractivity contribution in [2.24, 2.45) is 11.8 Å². The number of fused-ring (bicyclic) bond motifs is 2. The highest BCUT2D eigenvalue weighted by molar-refractivity contribution is 6.30. The number of hydrogen-bond donors (Lipinski definition) is 1. The van der Waals surface area contributed by atoms with Crippen LogP contribution in [0.15, 0.2) is 42.5 Å². The monoisotopic (exact) mass is 419 g/mol. The number of ether oxygens (including phenoxy) is 1. The summed E-state index contributed by atoms with van der Waals surface area (Å²) in [6, 6.07) is 11.9. The first-order valence-corrected chi connectivity index (χ1v) is 10.4. The van der Waals surface area contributed by atoms with Gasteiger partial charge in [-0.25, -0.2) is 8.78 Å². The third-order valence-corrected chi connectivity index (χ3v) is 6.80. The molecule has 1 amide bonds. The third-order valence-electron chi connectivity index (χ3n) is 6.55. The van der Waals surface area contributed by atoms with Crippen LogP contribution in [0.5, 0.6) is 5.75 Å². The van der Waals surface area contributed by atoms with E-state index in [0.717, 1.165) is 36.9 Å². The number of nitrogens with one attached hydrogen (secondary N) is 1. The Morgan fingerprint density at radius 1 is 1.17 bits per heavy atom. The molecule has 1 heterocycles. The normalized spacial score (nSPS) is 24.2. The second-order valence-corrected chi connectivity index (χ2v) is 8.68. The molecule has 4 rings (SSSR count). The molecule has 0 radical (unpaired) electrons. The zero-order chi connectivity index (χ0) is 20.6. The van der Waals surface area contributed by atoms with Gasteiger partial charge in [0.1, 0.15) is 5.75 Å². The van der Waals surface area contributed by atoms with Crippen LogP contribution in [0.3, 0.4) is 0 Å². The van der Waals surface area contributed by atoms with Gasteiger partial charge in [-0.3, -0.25) is 4.79 Å². The van der Waals surface area contributed by atoms with Crippen molar-refractivity contribution in [3.8, 4) is 5.75 Å². The molecule has 1 saturated carbocycles. The van der Waals surface area contributed by atoms with Crippen molar-refractivity contribution in [1.29, 1.82) is 0 Å². The van der Waals surface area contributed by atoms with Crippen molar-refractivity contribution in [2.45, 2.75) is 44.4 Å². The number of alkyl halides is 2. The van der Waals surface area contributed by atoms with E-state index >= 15 is 0 Å². The summed E-state index contributed by atoms with van der Waals surface area (Å²) in [5.41, 5.74) is 1.67. The van der Waals surface area contributed by atoms with E-state index in [9.17, 15) is 13.6 Å². The van der Waals surface area contributed by atoms with Gasteiger partial charge in [0.05, 0.1) is 6.61 Å². The summed E-state index contributed by atoms with van der Waals surface area (Å²) < 4.78 is 31.7. The van der Waals surface area contributed by atoms with Crippen LogP contribution in [0.2, 0.25) is 5.02 Å². The first-order valence-electron chi connectivity index (χ1n) is 10.00. The van der Waals surface area contributed by atoms with E-state index < -0.39 is 6.43 Å². The van der Waals surface area contributed by atoms with Gasteiger partial charge in [0.25, 0.3) is 6.43 Å². The van der Waals surface area contributed by atoms with Crippen molar-refractivity contribution >= 4 is 23.2 Å². The maximum absolute atomic E-state index is 13.0. The number of rotatable bonds is 4. The summed E-state index contributed by atoms with van der Waals surface area (Å²) in [5.74, 6) is 0.788. The molecule has 0 saturated heterocycles. The van der Waals surface area contributed by atoms with Crippen molar-refractivity contribution in [2.75, 3.05) is 11.9 Å². The van der Waals surface area contributed by atoms with Crippen molar-refractivity contribution in [3.05, 3.63) is 58.6 Å². The lowest BCUT2D eigenvalue weighted by Crippen LogP contribution is -2.37. The molecule has 154 valence electrons. The molecule has 1 spiro atoms. The van der Waals surface area contributed by atoms with Crippen molar-refractivity contribution < 1.29 is 18.3 Å². The fourth-order valence-electron chi connectivity index (χ4n) is 4.64. The Balaban J connectivity index is 1.40. The molecular formula is C23H24ClF2NO2. The van der Waals surface area contributed by atoms with Gasteiger partial charge in [0.2, 0.25) is 5.91 Å². The molecule has 2 aliphatic rings. The minimum atomic E-state index is -2.49. The van der Waals surface area contributed by atoms with Crippen molar-refractivity contribution in [1.82, 2.24) is 0 Å². The fraction of sp³-hybridized carbons (Fsp3) is 0.435. The minimum Gasteiger partial charge on any atom is -0.492 e. The van der Waals surface area contributed by atoms with Gasteiger partial charge in [-0.2, -0.15) is 0 Å². The number of amides is 1. The standard InChI is InChI=1S/C23H24ClF2NO2/c1-14(22(28)27-18-5-3-17(24)4-6-18)15-8-10-23(11-9-15)13-29-20-12-16(21(25)26)2-7-19(20)23/h2-7,12,14-15,21H,8-11,13H2,1H3,(H,27,28)/t14-,15-,23-/m0/s1. The SMILES string of the molecule is C[C@H](C(=O)Nc1ccc(Cl)cc1)[C@H]1CC[C@]2(CC1)COc1cc(C(F)F)ccc12. The Morgan fingerprint density at radius 3 is 2.52 bits per heavy atom. The first kappa shape index (κ1) is 20.1. The van der Waals surface area contributed by atoms with E-state index in [2.05, 4.69) is 5.32 Å². The Kier molecular flexibility index (Phi) is 5.52. The topological polar surface area (TPSA) is 38.3 Å². The summed E-state index contributed by atoms with van der Waals surface area (Å²) in [6.45, 7) is 2.51. The average Bonchev–Trinajstić information content (AvgIpc) is 3.07. The maximum Gasteiger partial charge on any atom is 0.263 e. The molecule has 6 heteroatoms. The zero-order valence-electron chi connectivity index (χ0n) is 16.3. The van der Waals surface area contributed by atoms with Crippen LogP contribution in [0.4, 0.5) is 14.5 Å². The number of anilines is 1. The van der Waals surface area contributed by atoms with E-state index in [-0.39, 0.29) is 28.7 Å². The number of carbonyl (C=O) groups excluding carboxylic acids is 1. The maximum atomic E-state index is 13.0. The molecule has 2 aromatic carbocycles. The minimum absolute atomic E-state index is 0.00183. The summed E-state index contributed by atoms with van der Waals surface area (Å²) in [7, 11) is 0. The van der Waals surface area contributed by atoms with Gasteiger partial charge in [0.15, 0.2) is 0 Å². The molecule has 1 aliphatic carbocycles. The smallest absolute Gasteiger partial charge is 0.263 e. The Bertz CT molecular complexity index is 892. The molecule has 1 aliphatic heterocycles. The number of carbonyl (C=O) groups is 1. The second-order valence-electron chi connectivity index (χ2n) is 8.25. The van der Waals surface area contributed by atoms with E-state index in [4.69, 9.17) is 16.3 Å². The lowest BCUT2D eigenvalue weighted by atomic mass is 9.65. The summed E-state index contributed by atoms with van der Waals surface area (Å²) in [6.07, 6.45) is 1.13. The fourth-order valence-corrected chi connectivity index (χ4v) is 4.76. The first-order chi connectivity index (χ1) is 13.9. The highest BCUT2D eigenvalue weighted by Gasteiger charge is 2.45. The van der Waals surface area contributed by atoms with Crippen molar-refractivity contribution in [3.63, 3.8) is 0 Å². The van der Waals surface area contributed by atoms with E-state index in [1.165, 1.54) is 12.1 Å². The van der Waals surface area contributed by atoms with Gasteiger partial charge in [-0.15, -0.1) is 0 Å². The molecule has 1 atom stereocenters. The van der Waals surface area contributed by atoms with Crippen LogP contribution in [0, 0.1) is 11.8 Å². The quantitative estimate of drug-likeness (QED) is 0.625. The molecule has 0 aromatic heterocycles. The van der Waals surface area contributed by atoms with Crippen LogP contribution in [-0.4, -0.2) is 12.5 Å². The lowest BCUT2D eigenvalue weighted by Gasteiger charge is -2.38. The van der Waals surface area contributed by atoms with E-state index in [0.29, 0.717) is 17.4 Å². The molecule has 0 bridgehead atoms. The predicted octanol–water partition coefficient (Wildman–Crippen LogP) is 6.37. The second kappa shape index (κ2) is 7.94. The molecule has 3 nitrogen and oxygen atoms in total. The molecule has 2 aromatic rings. The van der Waals surface area contributed by atoms with Gasteiger partial charge in [0, 0.05) is 33.2 Å². The summed E-state index contributed by atoms with van der Waals surface area (Å²) >= 11 is 5.89. The number of benzene rings is 2. The van der Waals surface area contributed by atoms with Crippen LogP contribution < -0.4 is 10.1 Å². The van der Waals surface area contributed by atoms with Gasteiger partial charge in [-0.05, 0) is 61.9 Å². The van der Waals surface area contributed by atoms with Gasteiger partial charge >= 0.3 is 0 Å². The molecule has 29 heavy (non-hydrogen) atoms. The van der Waals surface area contributed by atoms with E-state index in [1.807, 2.05) is 6.92 Å². The summed E-state index contributed by atoms with van der Waals surface area (Å²) in [5, 5.41) is 3.60. The van der Waals surface area contributed by atoms with E-state index in [1.54, 1.807) is 30.3 Å². The van der Waals surface area contributed by atoms with Crippen LogP contribution in [0.25, 0.3) is 0 Å². The molecular weight excluding hydrogens is 396 g/mol.